The van der Waals surface area contributed by atoms with Crippen LogP contribution in [-0.4, -0.2) is 44.7 Å². The van der Waals surface area contributed by atoms with Crippen molar-refractivity contribution >= 4 is 11.6 Å². The van der Waals surface area contributed by atoms with Gasteiger partial charge in [-0.25, -0.2) is 0 Å². The van der Waals surface area contributed by atoms with Gasteiger partial charge < -0.3 is 20.7 Å². The molecule has 1 aromatic rings. The Balaban J connectivity index is 2.62. The number of methoxy groups -OCH3 is 1. The summed E-state index contributed by atoms with van der Waals surface area (Å²) in [7, 11) is 5.80. The Hall–Kier alpha value is -1.75. The molecule has 0 spiro atoms. The van der Waals surface area contributed by atoms with E-state index in [4.69, 9.17) is 10.5 Å². The second kappa shape index (κ2) is 8.52. The van der Waals surface area contributed by atoms with Crippen LogP contribution in [0.15, 0.2) is 29.3 Å². The standard InChI is InChI=1S/C16H28N4O/c1-12(2)9-14(20(3)4)11-18-16(17)19-13-7-6-8-15(10-13)21-5/h6-8,10,12,14H,9,11H2,1-5H3,(H3,17,18,19). The van der Waals surface area contributed by atoms with E-state index >= 15 is 0 Å². The van der Waals surface area contributed by atoms with Gasteiger partial charge in [-0.15, -0.1) is 0 Å². The number of guanidine groups is 1. The predicted octanol–water partition coefficient (Wildman–Crippen LogP) is 2.40. The lowest BCUT2D eigenvalue weighted by Gasteiger charge is -2.24. The van der Waals surface area contributed by atoms with Gasteiger partial charge in [0.1, 0.15) is 5.75 Å². The van der Waals surface area contributed by atoms with Crippen molar-refractivity contribution in [3.05, 3.63) is 24.3 Å². The number of hydrogen-bond acceptors (Lipinski definition) is 3. The summed E-state index contributed by atoms with van der Waals surface area (Å²) >= 11 is 0. The second-order valence-corrected chi connectivity index (χ2v) is 5.83. The molecule has 1 atom stereocenters. The average molecular weight is 292 g/mol. The summed E-state index contributed by atoms with van der Waals surface area (Å²) < 4.78 is 5.18. The topological polar surface area (TPSA) is 62.9 Å². The number of nitrogens with zero attached hydrogens (tertiary/aromatic N) is 2. The van der Waals surface area contributed by atoms with Crippen molar-refractivity contribution in [3.63, 3.8) is 0 Å². The molecule has 118 valence electrons. The van der Waals surface area contributed by atoms with Crippen LogP contribution in [0.3, 0.4) is 0 Å². The normalized spacial score (nSPS) is 13.6. The van der Waals surface area contributed by atoms with Gasteiger partial charge in [-0.2, -0.15) is 0 Å². The molecule has 0 aliphatic heterocycles. The van der Waals surface area contributed by atoms with Gasteiger partial charge in [0.05, 0.1) is 13.7 Å². The summed E-state index contributed by atoms with van der Waals surface area (Å²) in [5, 5.41) is 3.09. The number of benzene rings is 1. The number of nitrogens with one attached hydrogen (secondary N) is 1. The highest BCUT2D eigenvalue weighted by Crippen LogP contribution is 2.16. The van der Waals surface area contributed by atoms with E-state index in [0.717, 1.165) is 17.9 Å². The van der Waals surface area contributed by atoms with Gasteiger partial charge in [-0.1, -0.05) is 19.9 Å². The lowest BCUT2D eigenvalue weighted by Crippen LogP contribution is -2.34. The van der Waals surface area contributed by atoms with Crippen molar-refractivity contribution in [1.82, 2.24) is 4.90 Å². The first kappa shape index (κ1) is 17.3. The van der Waals surface area contributed by atoms with Gasteiger partial charge in [-0.3, -0.25) is 4.99 Å². The first-order valence-electron chi connectivity index (χ1n) is 7.29. The first-order chi connectivity index (χ1) is 9.92. The number of rotatable bonds is 7. The molecule has 0 aromatic heterocycles. The van der Waals surface area contributed by atoms with Crippen molar-refractivity contribution in [2.75, 3.05) is 33.1 Å². The van der Waals surface area contributed by atoms with Crippen LogP contribution in [0.5, 0.6) is 5.75 Å². The van der Waals surface area contributed by atoms with Crippen LogP contribution in [-0.2, 0) is 0 Å². The van der Waals surface area contributed by atoms with Gasteiger partial charge in [-0.05, 0) is 38.6 Å². The molecule has 0 fully saturated rings. The Kier molecular flexibility index (Phi) is 7.02. The van der Waals surface area contributed by atoms with Crippen LogP contribution in [0.25, 0.3) is 0 Å². The molecule has 3 N–H and O–H groups in total. The molecule has 5 heteroatoms. The SMILES string of the molecule is COc1cccc(NC(N)=NCC(CC(C)C)N(C)C)c1. The van der Waals surface area contributed by atoms with Crippen molar-refractivity contribution in [3.8, 4) is 5.75 Å². The Labute approximate surface area is 128 Å². The van der Waals surface area contributed by atoms with Crippen LogP contribution in [0, 0.1) is 5.92 Å². The number of hydrogen-bond donors (Lipinski definition) is 2. The Morgan fingerprint density at radius 3 is 2.67 bits per heavy atom. The average Bonchev–Trinajstić information content (AvgIpc) is 2.43. The first-order valence-corrected chi connectivity index (χ1v) is 7.29. The van der Waals surface area contributed by atoms with E-state index in [1.165, 1.54) is 0 Å². The van der Waals surface area contributed by atoms with Crippen molar-refractivity contribution in [2.24, 2.45) is 16.6 Å². The molecule has 5 nitrogen and oxygen atoms in total. The van der Waals surface area contributed by atoms with Crippen molar-refractivity contribution < 1.29 is 4.74 Å². The minimum Gasteiger partial charge on any atom is -0.497 e. The molecule has 1 unspecified atom stereocenters. The number of aliphatic imine (C=N–C) groups is 1. The smallest absolute Gasteiger partial charge is 0.193 e. The van der Waals surface area contributed by atoms with Gasteiger partial charge in [0.25, 0.3) is 0 Å². The van der Waals surface area contributed by atoms with Crippen LogP contribution in [0.1, 0.15) is 20.3 Å². The van der Waals surface area contributed by atoms with E-state index in [2.05, 4.69) is 43.2 Å². The van der Waals surface area contributed by atoms with E-state index in [0.29, 0.717) is 24.5 Å². The third kappa shape index (κ3) is 6.49. The molecule has 0 amide bonds. The van der Waals surface area contributed by atoms with Gasteiger partial charge in [0, 0.05) is 17.8 Å². The zero-order valence-corrected chi connectivity index (χ0v) is 13.8. The molecule has 0 aliphatic rings. The zero-order valence-electron chi connectivity index (χ0n) is 13.8. The minimum atomic E-state index is 0.399. The third-order valence-corrected chi connectivity index (χ3v) is 3.29. The van der Waals surface area contributed by atoms with Crippen molar-refractivity contribution in [2.45, 2.75) is 26.3 Å². The maximum atomic E-state index is 5.96. The number of nitrogens with two attached hydrogens (primary N) is 1. The predicted molar refractivity (Wildman–Crippen MR) is 90.0 cm³/mol. The molecule has 0 saturated heterocycles. The highest BCUT2D eigenvalue weighted by molar-refractivity contribution is 5.92. The van der Waals surface area contributed by atoms with E-state index < -0.39 is 0 Å². The molecule has 0 saturated carbocycles. The zero-order chi connectivity index (χ0) is 15.8. The van der Waals surface area contributed by atoms with E-state index in [-0.39, 0.29) is 0 Å². The van der Waals surface area contributed by atoms with E-state index in [1.54, 1.807) is 7.11 Å². The number of likely N-dealkylation sites (N-methyl/N-ethyl adjacent to an activating group) is 1. The quantitative estimate of drug-likeness (QED) is 0.598. The van der Waals surface area contributed by atoms with Crippen LogP contribution in [0.2, 0.25) is 0 Å². The molecular weight excluding hydrogens is 264 g/mol. The molecule has 0 radical (unpaired) electrons. The van der Waals surface area contributed by atoms with Crippen LogP contribution in [0.4, 0.5) is 5.69 Å². The molecule has 0 aliphatic carbocycles. The molecule has 1 rings (SSSR count). The fourth-order valence-electron chi connectivity index (χ4n) is 2.08. The molecule has 0 bridgehead atoms. The number of ether oxygens (including phenoxy) is 1. The lowest BCUT2D eigenvalue weighted by atomic mass is 10.0. The van der Waals surface area contributed by atoms with Crippen LogP contribution < -0.4 is 15.8 Å². The Morgan fingerprint density at radius 2 is 2.10 bits per heavy atom. The summed E-state index contributed by atoms with van der Waals surface area (Å²) in [6, 6.07) is 8.03. The minimum absolute atomic E-state index is 0.399. The summed E-state index contributed by atoms with van der Waals surface area (Å²) in [5.74, 6) is 1.86. The third-order valence-electron chi connectivity index (χ3n) is 3.29. The van der Waals surface area contributed by atoms with Crippen molar-refractivity contribution in [1.29, 1.82) is 0 Å². The summed E-state index contributed by atoms with van der Waals surface area (Å²) in [6.45, 7) is 5.13. The van der Waals surface area contributed by atoms with Gasteiger partial charge >= 0.3 is 0 Å². The number of anilines is 1. The fraction of sp³-hybridized carbons (Fsp3) is 0.562. The molecule has 0 heterocycles. The highest BCUT2D eigenvalue weighted by Gasteiger charge is 2.12. The summed E-state index contributed by atoms with van der Waals surface area (Å²) in [4.78, 5) is 6.65. The lowest BCUT2D eigenvalue weighted by molar-refractivity contribution is 0.261. The molecule has 1 aromatic carbocycles. The summed E-state index contributed by atoms with van der Waals surface area (Å²) in [5.41, 5.74) is 6.83. The maximum Gasteiger partial charge on any atom is 0.193 e. The highest BCUT2D eigenvalue weighted by atomic mass is 16.5. The summed E-state index contributed by atoms with van der Waals surface area (Å²) in [6.07, 6.45) is 1.10. The monoisotopic (exact) mass is 292 g/mol. The second-order valence-electron chi connectivity index (χ2n) is 5.83. The Bertz CT molecular complexity index is 457. The van der Waals surface area contributed by atoms with E-state index in [1.807, 2.05) is 24.3 Å². The fourth-order valence-corrected chi connectivity index (χ4v) is 2.08. The Morgan fingerprint density at radius 1 is 1.38 bits per heavy atom. The van der Waals surface area contributed by atoms with E-state index in [9.17, 15) is 0 Å². The molecule has 21 heavy (non-hydrogen) atoms. The van der Waals surface area contributed by atoms with Gasteiger partial charge in [0.15, 0.2) is 5.96 Å². The maximum absolute atomic E-state index is 5.96. The van der Waals surface area contributed by atoms with Crippen LogP contribution >= 0.6 is 0 Å². The van der Waals surface area contributed by atoms with Gasteiger partial charge in [0.2, 0.25) is 0 Å². The largest absolute Gasteiger partial charge is 0.497 e. The molecular formula is C16H28N4O.